The van der Waals surface area contributed by atoms with Crippen molar-refractivity contribution in [3.8, 4) is 0 Å². The molecule has 78 heavy (non-hydrogen) atoms. The predicted octanol–water partition coefficient (Wildman–Crippen LogP) is 1.68. The van der Waals surface area contributed by atoms with Crippen molar-refractivity contribution in [2.24, 2.45) is 29.6 Å². The van der Waals surface area contributed by atoms with Gasteiger partial charge in [-0.2, -0.15) is 0 Å². The van der Waals surface area contributed by atoms with Crippen molar-refractivity contribution in [3.05, 3.63) is 76.8 Å². The number of carbonyl (C=O) groups excluding carboxylic acids is 11. The lowest BCUT2D eigenvalue weighted by molar-refractivity contribution is -0.137. The van der Waals surface area contributed by atoms with Gasteiger partial charge in [-0.1, -0.05) is 106 Å². The predicted molar refractivity (Wildman–Crippen MR) is 291 cm³/mol. The van der Waals surface area contributed by atoms with E-state index in [0.717, 1.165) is 6.08 Å². The monoisotopic (exact) mass is 1080 g/mol. The maximum atomic E-state index is 14.6. The molecule has 10 N–H and O–H groups in total. The molecular formula is C56H81N11O11. The normalized spacial score (nSPS) is 24.1. The van der Waals surface area contributed by atoms with Crippen LogP contribution in [0.2, 0.25) is 0 Å². The van der Waals surface area contributed by atoms with Crippen LogP contribution >= 0.6 is 0 Å². The van der Waals surface area contributed by atoms with Gasteiger partial charge in [-0.15, -0.1) is 0 Å². The van der Waals surface area contributed by atoms with Gasteiger partial charge in [0.25, 0.3) is 5.91 Å². The number of fused-ring (bicyclic) bond motifs is 1. The highest BCUT2D eigenvalue weighted by Gasteiger charge is 2.38. The van der Waals surface area contributed by atoms with Crippen LogP contribution in [0.15, 0.2) is 54.5 Å². The second-order valence-electron chi connectivity index (χ2n) is 21.7. The van der Waals surface area contributed by atoms with Gasteiger partial charge < -0.3 is 53.2 Å². The summed E-state index contributed by atoms with van der Waals surface area (Å²) in [7, 11) is 1.49. The zero-order valence-corrected chi connectivity index (χ0v) is 47.0. The Labute approximate surface area is 457 Å². The number of aromatic nitrogens is 1. The first kappa shape index (κ1) is 63.0. The largest absolute Gasteiger partial charge is 0.385 e. The van der Waals surface area contributed by atoms with Crippen molar-refractivity contribution in [3.63, 3.8) is 0 Å². The summed E-state index contributed by atoms with van der Waals surface area (Å²) in [6.07, 6.45) is 4.44. The van der Waals surface area contributed by atoms with Crippen LogP contribution < -0.4 is 53.2 Å². The minimum absolute atomic E-state index is 0.0220. The molecule has 2 aliphatic rings. The highest BCUT2D eigenvalue weighted by atomic mass is 16.2. The standard InChI is InChI=1S/C56H81N11O11/c1-13-32(10)46-56(78)61-37(21-17-18-22-59-49(71)36-27-58-26-35-42(36)41(68)25-38(57-12)47(35)69)50(72)65-44(30(6)7)54(76)63-40(24-34-19-15-14-16-20-34)51(73)62-39(23-28(2)3)52(74)66-43(29(4)5)53(75)60-33(11)48(70)64-45(31(8)9)55(77)67-46/h14-16,19-20,25-33,37,39-40,43-46,57H,13,17-18,21-24H2,1-12H3,(H,59,71)(H,60,75)(H,61,78)(H,62,73)(H,63,76)(H,64,70)(H,65,72)(H,66,74)(H,67,77). The number of nitrogens with one attached hydrogen (secondary N) is 10. The van der Waals surface area contributed by atoms with Crippen molar-refractivity contribution in [1.82, 2.24) is 58.2 Å². The Morgan fingerprint density at radius 3 is 1.65 bits per heavy atom. The third-order valence-corrected chi connectivity index (χ3v) is 13.9. The molecular weight excluding hydrogens is 1000 g/mol. The average molecular weight is 1080 g/mol. The number of pyridine rings is 1. The molecule has 22 nitrogen and oxygen atoms in total. The molecule has 2 aromatic rings. The summed E-state index contributed by atoms with van der Waals surface area (Å²) in [5.41, 5.74) is 0.517. The Balaban J connectivity index is 1.73. The van der Waals surface area contributed by atoms with Gasteiger partial charge in [0.15, 0.2) is 5.78 Å². The van der Waals surface area contributed by atoms with E-state index in [1.54, 1.807) is 85.7 Å². The number of benzene rings is 1. The first-order valence-corrected chi connectivity index (χ1v) is 27.0. The van der Waals surface area contributed by atoms with E-state index in [2.05, 4.69) is 58.2 Å². The number of carbonyl (C=O) groups is 11. The van der Waals surface area contributed by atoms with E-state index < -0.39 is 137 Å². The Kier molecular flexibility index (Phi) is 23.7. The van der Waals surface area contributed by atoms with E-state index in [0.29, 0.717) is 12.0 Å². The van der Waals surface area contributed by atoms with Crippen LogP contribution in [0.5, 0.6) is 0 Å². The van der Waals surface area contributed by atoms with Crippen molar-refractivity contribution >= 4 is 64.7 Å². The van der Waals surface area contributed by atoms with Gasteiger partial charge in [0.1, 0.15) is 48.3 Å². The number of nitrogens with zero attached hydrogens (tertiary/aromatic N) is 1. The summed E-state index contributed by atoms with van der Waals surface area (Å²) in [6, 6.07) is -1.06. The quantitative estimate of drug-likeness (QED) is 0.107. The van der Waals surface area contributed by atoms with Gasteiger partial charge in [0.05, 0.1) is 16.8 Å². The van der Waals surface area contributed by atoms with Crippen molar-refractivity contribution < 1.29 is 52.7 Å². The first-order chi connectivity index (χ1) is 36.8. The molecule has 2 heterocycles. The van der Waals surface area contributed by atoms with Crippen LogP contribution in [-0.4, -0.2) is 132 Å². The summed E-state index contributed by atoms with van der Waals surface area (Å²) in [4.78, 5) is 158. The molecule has 1 aromatic carbocycles. The molecule has 9 atom stereocenters. The molecule has 1 aromatic heterocycles. The molecule has 0 saturated carbocycles. The van der Waals surface area contributed by atoms with Gasteiger partial charge >= 0.3 is 0 Å². The van der Waals surface area contributed by atoms with Crippen LogP contribution in [0.25, 0.3) is 0 Å². The highest BCUT2D eigenvalue weighted by Crippen LogP contribution is 2.23. The number of unbranched alkanes of at least 4 members (excludes halogenated alkanes) is 1. The number of amides is 9. The maximum Gasteiger partial charge on any atom is 0.253 e. The molecule has 1 saturated heterocycles. The minimum Gasteiger partial charge on any atom is -0.385 e. The summed E-state index contributed by atoms with van der Waals surface area (Å²) in [5.74, 6) is -9.75. The third kappa shape index (κ3) is 17.2. The lowest BCUT2D eigenvalue weighted by Crippen LogP contribution is -2.63. The smallest absolute Gasteiger partial charge is 0.253 e. The number of likely N-dealkylation sites (N-methyl/N-ethyl adjacent to an activating group) is 1. The first-order valence-electron chi connectivity index (χ1n) is 27.0. The van der Waals surface area contributed by atoms with E-state index in [9.17, 15) is 52.7 Å². The van der Waals surface area contributed by atoms with E-state index >= 15 is 0 Å². The SMILES string of the molecule is CCC(C)C1NC(=O)C(C(C)C)NC(=O)C(C)NC(=O)C(C(C)C)NC(=O)C(CC(C)C)NC(=O)C(Cc2ccccc2)NC(=O)C(C(C)C)NC(=O)C(CCCCNC(=O)c2cncc3c2C(=O)C=C(NC)C3=O)NC1=O. The average Bonchev–Trinajstić information content (AvgIpc) is 3.39. The Bertz CT molecular complexity index is 2570. The van der Waals surface area contributed by atoms with Gasteiger partial charge in [-0.3, -0.25) is 57.7 Å². The molecule has 426 valence electrons. The van der Waals surface area contributed by atoms with Gasteiger partial charge in [0, 0.05) is 44.0 Å². The fourth-order valence-electron chi connectivity index (χ4n) is 8.97. The zero-order chi connectivity index (χ0) is 58.1. The van der Waals surface area contributed by atoms with Gasteiger partial charge in [0.2, 0.25) is 53.0 Å². The van der Waals surface area contributed by atoms with Gasteiger partial charge in [-0.05, 0) is 67.8 Å². The van der Waals surface area contributed by atoms with Crippen LogP contribution in [0.3, 0.4) is 0 Å². The second-order valence-corrected chi connectivity index (χ2v) is 21.7. The van der Waals surface area contributed by atoms with Crippen LogP contribution in [0.4, 0.5) is 0 Å². The lowest BCUT2D eigenvalue weighted by Gasteiger charge is -2.31. The van der Waals surface area contributed by atoms with E-state index in [-0.39, 0.29) is 67.0 Å². The number of ketones is 2. The molecule has 1 aliphatic heterocycles. The highest BCUT2D eigenvalue weighted by molar-refractivity contribution is 6.27. The number of allylic oxidation sites excluding steroid dienone is 2. The van der Waals surface area contributed by atoms with Crippen LogP contribution in [-0.2, 0) is 44.8 Å². The Morgan fingerprint density at radius 1 is 0.590 bits per heavy atom. The molecule has 22 heteroatoms. The maximum absolute atomic E-state index is 14.6. The molecule has 4 rings (SSSR count). The zero-order valence-electron chi connectivity index (χ0n) is 47.0. The van der Waals surface area contributed by atoms with E-state index in [4.69, 9.17) is 0 Å². The molecule has 9 amide bonds. The number of Topliss-reactive ketones (excluding diaryl/α,β-unsaturated/α-hetero) is 1. The van der Waals surface area contributed by atoms with Crippen molar-refractivity contribution in [2.75, 3.05) is 13.6 Å². The molecule has 1 aliphatic carbocycles. The topological polar surface area (TPSA) is 321 Å². The fourth-order valence-corrected chi connectivity index (χ4v) is 8.97. The van der Waals surface area contributed by atoms with E-state index in [1.165, 1.54) is 26.4 Å². The number of hydrogen-bond acceptors (Lipinski definition) is 13. The van der Waals surface area contributed by atoms with Crippen molar-refractivity contribution in [1.29, 1.82) is 0 Å². The van der Waals surface area contributed by atoms with Crippen LogP contribution in [0, 0.1) is 29.6 Å². The summed E-state index contributed by atoms with van der Waals surface area (Å²) in [6.45, 7) is 18.8. The molecule has 0 bridgehead atoms. The second kappa shape index (κ2) is 29.3. The van der Waals surface area contributed by atoms with Crippen LogP contribution in [0.1, 0.15) is 145 Å². The minimum atomic E-state index is -1.34. The lowest BCUT2D eigenvalue weighted by atomic mass is 9.90. The Hall–Kier alpha value is -7.52. The van der Waals surface area contributed by atoms with E-state index in [1.807, 2.05) is 13.8 Å². The number of hydrogen-bond donors (Lipinski definition) is 10. The Morgan fingerprint density at radius 2 is 1.09 bits per heavy atom. The molecule has 0 spiro atoms. The fraction of sp³-hybridized carbons (Fsp3) is 0.571. The summed E-state index contributed by atoms with van der Waals surface area (Å²) >= 11 is 0. The molecule has 9 unspecified atom stereocenters. The molecule has 1 fully saturated rings. The third-order valence-electron chi connectivity index (χ3n) is 13.9. The van der Waals surface area contributed by atoms with Gasteiger partial charge in [-0.25, -0.2) is 0 Å². The summed E-state index contributed by atoms with van der Waals surface area (Å²) < 4.78 is 0. The summed E-state index contributed by atoms with van der Waals surface area (Å²) in [5, 5.41) is 27.5. The molecule has 0 radical (unpaired) electrons. The number of rotatable bonds is 16. The van der Waals surface area contributed by atoms with Crippen molar-refractivity contribution in [2.45, 2.75) is 163 Å².